The van der Waals surface area contributed by atoms with Gasteiger partial charge in [0.2, 0.25) is 23.8 Å². The van der Waals surface area contributed by atoms with Crippen LogP contribution in [-0.4, -0.2) is 27.4 Å². The summed E-state index contributed by atoms with van der Waals surface area (Å²) in [6.07, 6.45) is 6.49. The van der Waals surface area contributed by atoms with E-state index < -0.39 is 0 Å². The molecule has 2 heterocycles. The van der Waals surface area contributed by atoms with Gasteiger partial charge >= 0.3 is 0 Å². The number of benzene rings is 3. The second kappa shape index (κ2) is 15.2. The van der Waals surface area contributed by atoms with Crippen LogP contribution in [0.2, 0.25) is 0 Å². The van der Waals surface area contributed by atoms with E-state index in [4.69, 9.17) is 4.42 Å². The Balaban J connectivity index is 1.05. The van der Waals surface area contributed by atoms with Crippen LogP contribution in [0, 0.1) is 11.7 Å². The van der Waals surface area contributed by atoms with Crippen LogP contribution in [0.3, 0.4) is 0 Å². The third-order valence-corrected chi connectivity index (χ3v) is 8.03. The predicted octanol–water partition coefficient (Wildman–Crippen LogP) is 7.48. The Kier molecular flexibility index (Phi) is 10.1. The van der Waals surface area contributed by atoms with Crippen molar-refractivity contribution in [3.63, 3.8) is 0 Å². The highest BCUT2D eigenvalue weighted by Crippen LogP contribution is 2.25. The Hall–Kier alpha value is -5.25. The fraction of sp³-hybridized carbons (Fsp3) is 0.278. The van der Waals surface area contributed by atoms with E-state index >= 15 is 0 Å². The van der Waals surface area contributed by atoms with E-state index in [9.17, 15) is 9.18 Å². The fourth-order valence-electron chi connectivity index (χ4n) is 5.50. The highest BCUT2D eigenvalue weighted by molar-refractivity contribution is 5.78. The zero-order valence-electron chi connectivity index (χ0n) is 25.6. The first-order chi connectivity index (χ1) is 22.6. The van der Waals surface area contributed by atoms with Crippen LogP contribution < -0.4 is 21.3 Å². The van der Waals surface area contributed by atoms with E-state index in [1.807, 2.05) is 66.7 Å². The molecule has 5 aromatic rings. The summed E-state index contributed by atoms with van der Waals surface area (Å²) in [6.45, 7) is 1.57. The molecule has 0 aliphatic heterocycles. The van der Waals surface area contributed by atoms with Crippen molar-refractivity contribution >= 4 is 29.4 Å². The summed E-state index contributed by atoms with van der Waals surface area (Å²) in [5.74, 6) is 3.00. The molecular formula is C36H38FN7O2. The lowest BCUT2D eigenvalue weighted by molar-refractivity contribution is -0.120. The Morgan fingerprint density at radius 3 is 2.20 bits per heavy atom. The van der Waals surface area contributed by atoms with Crippen molar-refractivity contribution in [2.24, 2.45) is 5.92 Å². The molecule has 0 saturated heterocycles. The van der Waals surface area contributed by atoms with Gasteiger partial charge in [-0.3, -0.25) is 4.79 Å². The number of hydrogen-bond acceptors (Lipinski definition) is 8. The number of carbonyl (C=O) groups is 1. The number of amides is 1. The third-order valence-electron chi connectivity index (χ3n) is 8.03. The number of carbonyl (C=O) groups excluding carboxylic acids is 1. The molecule has 3 aromatic carbocycles. The molecule has 1 aliphatic carbocycles. The van der Waals surface area contributed by atoms with Gasteiger partial charge in [-0.15, -0.1) is 0 Å². The zero-order chi connectivity index (χ0) is 31.6. The number of rotatable bonds is 13. The fourth-order valence-corrected chi connectivity index (χ4v) is 5.50. The van der Waals surface area contributed by atoms with E-state index in [2.05, 4.69) is 36.2 Å². The molecule has 0 bridgehead atoms. The molecule has 6 rings (SSSR count). The van der Waals surface area contributed by atoms with Crippen LogP contribution in [0.15, 0.2) is 95.4 Å². The molecule has 0 spiro atoms. The first-order valence-corrected chi connectivity index (χ1v) is 15.8. The van der Waals surface area contributed by atoms with Gasteiger partial charge in [0, 0.05) is 24.3 Å². The maximum Gasteiger partial charge on any atom is 0.233 e. The van der Waals surface area contributed by atoms with Crippen LogP contribution in [0.25, 0.3) is 11.3 Å². The summed E-state index contributed by atoms with van der Waals surface area (Å²) in [5, 5.41) is 12.8. The molecule has 1 saturated carbocycles. The number of nitrogens with one attached hydrogen (secondary N) is 4. The molecule has 236 valence electrons. The van der Waals surface area contributed by atoms with Crippen LogP contribution in [0.4, 0.5) is 27.9 Å². The highest BCUT2D eigenvalue weighted by atomic mass is 19.1. The molecule has 0 atom stereocenters. The highest BCUT2D eigenvalue weighted by Gasteiger charge is 2.15. The molecule has 1 aliphatic rings. The van der Waals surface area contributed by atoms with Crippen LogP contribution in [0.5, 0.6) is 0 Å². The number of hydrogen-bond donors (Lipinski definition) is 4. The summed E-state index contributed by atoms with van der Waals surface area (Å²) in [4.78, 5) is 26.4. The molecule has 46 heavy (non-hydrogen) atoms. The van der Waals surface area contributed by atoms with Crippen molar-refractivity contribution in [1.82, 2.24) is 20.3 Å². The molecule has 0 radical (unpaired) electrons. The lowest BCUT2D eigenvalue weighted by Crippen LogP contribution is -2.24. The third kappa shape index (κ3) is 8.90. The predicted molar refractivity (Wildman–Crippen MR) is 178 cm³/mol. The summed E-state index contributed by atoms with van der Waals surface area (Å²) < 4.78 is 19.2. The molecule has 1 amide bonds. The van der Waals surface area contributed by atoms with Gasteiger partial charge in [-0.1, -0.05) is 73.9 Å². The number of nitrogens with zero attached hydrogens (tertiary/aromatic N) is 3. The van der Waals surface area contributed by atoms with Crippen molar-refractivity contribution in [2.75, 3.05) is 22.5 Å². The minimum Gasteiger partial charge on any atom is -0.459 e. The summed E-state index contributed by atoms with van der Waals surface area (Å²) >= 11 is 0. The van der Waals surface area contributed by atoms with E-state index in [1.54, 1.807) is 12.1 Å². The number of furan rings is 1. The molecule has 10 heteroatoms. The smallest absolute Gasteiger partial charge is 0.233 e. The zero-order valence-corrected chi connectivity index (χ0v) is 25.6. The van der Waals surface area contributed by atoms with Crippen LogP contribution in [-0.2, 0) is 24.3 Å². The normalized spacial score (nSPS) is 13.2. The van der Waals surface area contributed by atoms with E-state index in [0.29, 0.717) is 42.6 Å². The van der Waals surface area contributed by atoms with Crippen molar-refractivity contribution < 1.29 is 13.6 Å². The van der Waals surface area contributed by atoms with Gasteiger partial charge in [-0.25, -0.2) is 4.39 Å². The van der Waals surface area contributed by atoms with E-state index in [-0.39, 0.29) is 18.1 Å². The average molecular weight is 620 g/mol. The quantitative estimate of drug-likeness (QED) is 0.107. The van der Waals surface area contributed by atoms with Gasteiger partial charge in [-0.05, 0) is 66.3 Å². The molecule has 1 fully saturated rings. The lowest BCUT2D eigenvalue weighted by Gasteiger charge is -2.21. The first-order valence-electron chi connectivity index (χ1n) is 15.8. The number of aromatic nitrogens is 3. The molecule has 4 N–H and O–H groups in total. The van der Waals surface area contributed by atoms with Crippen LogP contribution in [0.1, 0.15) is 49.0 Å². The SMILES string of the molecule is O=C(Cc1ccc(Nc2nc(NCc3ccc(F)cc3)nc(NCC3CCCCC3)n2)cc1)NCc1ccc(-c2ccccc2)o1. The summed E-state index contributed by atoms with van der Waals surface area (Å²) in [5.41, 5.74) is 3.56. The van der Waals surface area contributed by atoms with Gasteiger partial charge in [0.05, 0.1) is 13.0 Å². The van der Waals surface area contributed by atoms with Gasteiger partial charge in [0.1, 0.15) is 17.3 Å². The molecule has 0 unspecified atom stereocenters. The molecular weight excluding hydrogens is 581 g/mol. The maximum atomic E-state index is 13.3. The van der Waals surface area contributed by atoms with Gasteiger partial charge in [-0.2, -0.15) is 15.0 Å². The second-order valence-corrected chi connectivity index (χ2v) is 11.6. The Bertz CT molecular complexity index is 1700. The van der Waals surface area contributed by atoms with Crippen molar-refractivity contribution in [3.05, 3.63) is 114 Å². The Morgan fingerprint density at radius 1 is 0.739 bits per heavy atom. The van der Waals surface area contributed by atoms with Gasteiger partial charge in [0.15, 0.2) is 0 Å². The van der Waals surface area contributed by atoms with E-state index in [0.717, 1.165) is 34.7 Å². The van der Waals surface area contributed by atoms with Gasteiger partial charge in [0.25, 0.3) is 0 Å². The Labute approximate surface area is 268 Å². The monoisotopic (exact) mass is 619 g/mol. The summed E-state index contributed by atoms with van der Waals surface area (Å²) in [6, 6.07) is 27.6. The van der Waals surface area contributed by atoms with E-state index in [1.165, 1.54) is 44.2 Å². The maximum absolute atomic E-state index is 13.3. The minimum atomic E-state index is -0.275. The van der Waals surface area contributed by atoms with Crippen molar-refractivity contribution in [2.45, 2.75) is 51.6 Å². The number of halogens is 1. The minimum absolute atomic E-state index is 0.0959. The van der Waals surface area contributed by atoms with Crippen molar-refractivity contribution in [3.8, 4) is 11.3 Å². The lowest BCUT2D eigenvalue weighted by atomic mass is 9.89. The first kappa shape index (κ1) is 30.8. The average Bonchev–Trinajstić information content (AvgIpc) is 3.57. The summed E-state index contributed by atoms with van der Waals surface area (Å²) in [7, 11) is 0. The van der Waals surface area contributed by atoms with Crippen molar-refractivity contribution in [1.29, 1.82) is 0 Å². The second-order valence-electron chi connectivity index (χ2n) is 11.6. The largest absolute Gasteiger partial charge is 0.459 e. The Morgan fingerprint density at radius 2 is 1.43 bits per heavy atom. The number of anilines is 4. The topological polar surface area (TPSA) is 117 Å². The molecule has 2 aromatic heterocycles. The van der Waals surface area contributed by atoms with Crippen LogP contribution >= 0.6 is 0 Å². The van der Waals surface area contributed by atoms with Gasteiger partial charge < -0.3 is 25.7 Å². The molecule has 9 nitrogen and oxygen atoms in total. The standard InChI is InChI=1S/C36H38FN7O2/c37-29-15-11-27(12-16-29)23-40-35-42-34(39-22-26-7-3-1-4-8-26)43-36(44-35)41-30-17-13-25(14-18-30)21-33(45)38-24-31-19-20-32(46-31)28-9-5-2-6-10-28/h2,5-6,9-20,26H,1,3-4,7-8,21-24H2,(H,38,45)(H3,39,40,41,42,43,44).